The van der Waals surface area contributed by atoms with Crippen molar-refractivity contribution >= 4 is 27.5 Å². The average Bonchev–Trinajstić information content (AvgIpc) is 3.20. The number of hydrogen-bond donors (Lipinski definition) is 1. The quantitative estimate of drug-likeness (QED) is 0.513. The van der Waals surface area contributed by atoms with E-state index in [2.05, 4.69) is 37.6 Å². The number of hydrogen-bond acceptors (Lipinski definition) is 8. The van der Waals surface area contributed by atoms with Gasteiger partial charge >= 0.3 is 0 Å². The molecule has 1 aromatic carbocycles. The van der Waals surface area contributed by atoms with Crippen molar-refractivity contribution in [2.24, 2.45) is 0 Å². The van der Waals surface area contributed by atoms with Crippen LogP contribution in [-0.2, 0) is 17.6 Å². The Kier molecular flexibility index (Phi) is 4.48. The second kappa shape index (κ2) is 7.31. The molecule has 1 saturated carbocycles. The van der Waals surface area contributed by atoms with Crippen molar-refractivity contribution in [3.8, 4) is 17.3 Å². The molecule has 30 heavy (non-hydrogen) atoms. The molecule has 1 fully saturated rings. The number of nitrogens with zero attached hydrogens (tertiary/aromatic N) is 5. The van der Waals surface area contributed by atoms with Gasteiger partial charge in [-0.15, -0.1) is 21.5 Å². The van der Waals surface area contributed by atoms with E-state index in [9.17, 15) is 4.79 Å². The number of carbonyl (C=O) groups is 1. The highest BCUT2D eigenvalue weighted by atomic mass is 32.1. The number of rotatable bonds is 6. The largest absolute Gasteiger partial charge is 0.424 e. The topological polar surface area (TPSA) is 118 Å². The van der Waals surface area contributed by atoms with Crippen LogP contribution >= 0.6 is 11.3 Å². The molecule has 3 aromatic heterocycles. The summed E-state index contributed by atoms with van der Waals surface area (Å²) in [5.74, 6) is 0.351. The Bertz CT molecular complexity index is 1270. The van der Waals surface area contributed by atoms with Crippen molar-refractivity contribution in [2.75, 3.05) is 0 Å². The molecule has 1 aliphatic rings. The zero-order valence-electron chi connectivity index (χ0n) is 15.8. The first kappa shape index (κ1) is 18.4. The van der Waals surface area contributed by atoms with Crippen molar-refractivity contribution in [3.05, 3.63) is 59.4 Å². The third-order valence-corrected chi connectivity index (χ3v) is 5.88. The van der Waals surface area contributed by atoms with E-state index in [4.69, 9.17) is 9.68 Å². The summed E-state index contributed by atoms with van der Waals surface area (Å²) in [7, 11) is 0. The summed E-state index contributed by atoms with van der Waals surface area (Å²) in [6.07, 6.45) is 3.50. The number of fused-ring (bicyclic) bond motifs is 1. The molecular weight excluding hydrogens is 400 g/mol. The van der Waals surface area contributed by atoms with Gasteiger partial charge in [0.2, 0.25) is 17.7 Å². The van der Waals surface area contributed by atoms with Gasteiger partial charge in [-0.25, -0.2) is 4.98 Å². The van der Waals surface area contributed by atoms with Crippen LogP contribution in [0, 0.1) is 11.3 Å². The highest BCUT2D eigenvalue weighted by Gasteiger charge is 2.44. The van der Waals surface area contributed by atoms with Gasteiger partial charge in [0, 0.05) is 11.8 Å². The van der Waals surface area contributed by atoms with Crippen molar-refractivity contribution in [1.29, 1.82) is 5.26 Å². The van der Waals surface area contributed by atoms with E-state index in [1.54, 1.807) is 17.5 Å². The average molecular weight is 416 g/mol. The second-order valence-corrected chi connectivity index (χ2v) is 8.31. The smallest absolute Gasteiger partial charge is 0.230 e. The lowest BCUT2D eigenvalue weighted by Crippen LogP contribution is -2.36. The maximum atomic E-state index is 12.1. The predicted molar refractivity (Wildman–Crippen MR) is 109 cm³/mol. The first-order valence-electron chi connectivity index (χ1n) is 9.47. The Morgan fingerprint density at radius 3 is 2.87 bits per heavy atom. The molecule has 1 aliphatic carbocycles. The number of carbonyl (C=O) groups excluding carboxylic acids is 1. The van der Waals surface area contributed by atoms with Crippen LogP contribution in [0.1, 0.15) is 29.6 Å². The standard InChI is InChI=1S/C21H16N6O2S/c22-12-21(6-7-21)25-17(28)10-18-26-27-19(29-18)11-20-24-15-5-4-13(9-16(15)30-20)14-3-1-2-8-23-14/h1-5,8-9H,6-7,10-11H2,(H,25,28). The summed E-state index contributed by atoms with van der Waals surface area (Å²) in [5, 5.41) is 20.6. The van der Waals surface area contributed by atoms with Crippen LogP contribution in [0.4, 0.5) is 0 Å². The van der Waals surface area contributed by atoms with Gasteiger partial charge in [0.15, 0.2) is 0 Å². The zero-order chi connectivity index (χ0) is 20.6. The molecule has 0 aliphatic heterocycles. The van der Waals surface area contributed by atoms with Crippen molar-refractivity contribution < 1.29 is 9.21 Å². The lowest BCUT2D eigenvalue weighted by atomic mass is 10.1. The van der Waals surface area contributed by atoms with Crippen molar-refractivity contribution in [1.82, 2.24) is 25.5 Å². The summed E-state index contributed by atoms with van der Waals surface area (Å²) in [6.45, 7) is 0. The number of nitrogens with one attached hydrogen (secondary N) is 1. The van der Waals surface area contributed by atoms with Gasteiger partial charge in [0.25, 0.3) is 0 Å². The van der Waals surface area contributed by atoms with Crippen LogP contribution < -0.4 is 5.32 Å². The molecule has 1 amide bonds. The lowest BCUT2D eigenvalue weighted by Gasteiger charge is -2.06. The van der Waals surface area contributed by atoms with Crippen LogP contribution in [0.25, 0.3) is 21.5 Å². The van der Waals surface area contributed by atoms with Gasteiger partial charge in [0.05, 0.1) is 28.4 Å². The Labute approximate surface area is 175 Å². The van der Waals surface area contributed by atoms with Gasteiger partial charge < -0.3 is 9.73 Å². The third kappa shape index (κ3) is 3.77. The normalized spacial score (nSPS) is 14.4. The fourth-order valence-electron chi connectivity index (χ4n) is 3.14. The van der Waals surface area contributed by atoms with Crippen molar-refractivity contribution in [2.45, 2.75) is 31.2 Å². The number of nitriles is 1. The predicted octanol–water partition coefficient (Wildman–Crippen LogP) is 3.05. The van der Waals surface area contributed by atoms with Crippen LogP contribution in [0.2, 0.25) is 0 Å². The fourth-order valence-corrected chi connectivity index (χ4v) is 4.14. The van der Waals surface area contributed by atoms with Crippen LogP contribution in [0.3, 0.4) is 0 Å². The fraction of sp³-hybridized carbons (Fsp3) is 0.238. The highest BCUT2D eigenvalue weighted by Crippen LogP contribution is 2.34. The molecule has 0 bridgehead atoms. The molecule has 0 spiro atoms. The molecule has 0 atom stereocenters. The number of amides is 1. The molecule has 4 aromatic rings. The van der Waals surface area contributed by atoms with Gasteiger partial charge in [-0.1, -0.05) is 12.1 Å². The molecule has 5 rings (SSSR count). The Morgan fingerprint density at radius 2 is 2.10 bits per heavy atom. The highest BCUT2D eigenvalue weighted by molar-refractivity contribution is 7.18. The summed E-state index contributed by atoms with van der Waals surface area (Å²) < 4.78 is 6.66. The van der Waals surface area contributed by atoms with Gasteiger partial charge in [-0.2, -0.15) is 5.26 Å². The minimum Gasteiger partial charge on any atom is -0.424 e. The lowest BCUT2D eigenvalue weighted by molar-refractivity contribution is -0.121. The molecule has 8 nitrogen and oxygen atoms in total. The number of pyridine rings is 1. The van der Waals surface area contributed by atoms with Crippen molar-refractivity contribution in [3.63, 3.8) is 0 Å². The summed E-state index contributed by atoms with van der Waals surface area (Å²) >= 11 is 1.56. The minimum absolute atomic E-state index is 0.0380. The van der Waals surface area contributed by atoms with E-state index < -0.39 is 5.54 Å². The number of aromatic nitrogens is 4. The van der Waals surface area contributed by atoms with E-state index in [-0.39, 0.29) is 18.2 Å². The molecule has 148 valence electrons. The molecular formula is C21H16N6O2S. The van der Waals surface area contributed by atoms with E-state index in [1.807, 2.05) is 30.3 Å². The Morgan fingerprint density at radius 1 is 1.23 bits per heavy atom. The maximum Gasteiger partial charge on any atom is 0.230 e. The zero-order valence-corrected chi connectivity index (χ0v) is 16.6. The summed E-state index contributed by atoms with van der Waals surface area (Å²) in [5.41, 5.74) is 2.16. The minimum atomic E-state index is -0.699. The molecule has 9 heteroatoms. The maximum absolute atomic E-state index is 12.1. The molecule has 3 heterocycles. The van der Waals surface area contributed by atoms with E-state index >= 15 is 0 Å². The van der Waals surface area contributed by atoms with E-state index in [1.165, 1.54) is 0 Å². The summed E-state index contributed by atoms with van der Waals surface area (Å²) in [6, 6.07) is 14.0. The van der Waals surface area contributed by atoms with Gasteiger partial charge in [-0.05, 0) is 37.1 Å². The third-order valence-electron chi connectivity index (χ3n) is 4.86. The SMILES string of the molecule is N#CC1(NC(=O)Cc2nnc(Cc3nc4ccc(-c5ccccn5)cc4s3)o2)CC1. The molecule has 0 saturated heterocycles. The Hall–Kier alpha value is -3.64. The number of thiazole rings is 1. The van der Waals surface area contributed by atoms with E-state index in [0.717, 1.165) is 26.5 Å². The first-order valence-corrected chi connectivity index (χ1v) is 10.3. The molecule has 0 radical (unpaired) electrons. The number of benzene rings is 1. The Balaban J connectivity index is 1.28. The second-order valence-electron chi connectivity index (χ2n) is 7.19. The summed E-state index contributed by atoms with van der Waals surface area (Å²) in [4.78, 5) is 21.1. The van der Waals surface area contributed by atoms with Gasteiger partial charge in [0.1, 0.15) is 17.0 Å². The van der Waals surface area contributed by atoms with Crippen LogP contribution in [-0.4, -0.2) is 31.6 Å². The monoisotopic (exact) mass is 416 g/mol. The van der Waals surface area contributed by atoms with Crippen LogP contribution in [0.15, 0.2) is 47.0 Å². The molecule has 0 unspecified atom stereocenters. The molecule has 1 N–H and O–H groups in total. The van der Waals surface area contributed by atoms with Gasteiger partial charge in [-0.3, -0.25) is 9.78 Å². The first-order chi connectivity index (χ1) is 14.6. The van der Waals surface area contributed by atoms with Crippen LogP contribution in [0.5, 0.6) is 0 Å². The van der Waals surface area contributed by atoms with E-state index in [0.29, 0.717) is 25.2 Å².